The molecule has 1 aliphatic carbocycles. The first-order valence-electron chi connectivity index (χ1n) is 5.05. The van der Waals surface area contributed by atoms with Crippen LogP contribution in [-0.2, 0) is 0 Å². The van der Waals surface area contributed by atoms with Crippen LogP contribution in [0.25, 0.3) is 0 Å². The predicted molar refractivity (Wildman–Crippen MR) is 53.8 cm³/mol. The Morgan fingerprint density at radius 2 is 2.07 bits per heavy atom. The largest absolute Gasteiger partial charge is 0.454 e. The Morgan fingerprint density at radius 3 is 2.93 bits per heavy atom. The molecular formula is C11H13NO2. The Kier molecular flexibility index (Phi) is 1.76. The zero-order chi connectivity index (χ0) is 9.38. The summed E-state index contributed by atoms with van der Waals surface area (Å²) in [6, 6.07) is 6.00. The van der Waals surface area contributed by atoms with Gasteiger partial charge in [0.1, 0.15) is 0 Å². The van der Waals surface area contributed by atoms with Crippen LogP contribution in [0.1, 0.15) is 12.8 Å². The van der Waals surface area contributed by atoms with Gasteiger partial charge >= 0.3 is 0 Å². The molecule has 0 aromatic heterocycles. The van der Waals surface area contributed by atoms with Crippen molar-refractivity contribution in [1.82, 2.24) is 0 Å². The number of rotatable bonds is 3. The maximum absolute atomic E-state index is 5.30. The van der Waals surface area contributed by atoms with Crippen LogP contribution in [0.15, 0.2) is 18.2 Å². The van der Waals surface area contributed by atoms with Gasteiger partial charge in [-0.3, -0.25) is 0 Å². The van der Waals surface area contributed by atoms with Crippen molar-refractivity contribution in [3.63, 3.8) is 0 Å². The summed E-state index contributed by atoms with van der Waals surface area (Å²) in [6.45, 7) is 1.43. The van der Waals surface area contributed by atoms with Crippen LogP contribution >= 0.6 is 0 Å². The lowest BCUT2D eigenvalue weighted by molar-refractivity contribution is 0.174. The zero-order valence-electron chi connectivity index (χ0n) is 7.95. The van der Waals surface area contributed by atoms with Crippen LogP contribution in [0.5, 0.6) is 11.5 Å². The number of hydrogen-bond donors (Lipinski definition) is 1. The minimum Gasteiger partial charge on any atom is -0.454 e. The lowest BCUT2D eigenvalue weighted by Crippen LogP contribution is -2.02. The first kappa shape index (κ1) is 7.97. The molecule has 3 nitrogen and oxygen atoms in total. The minimum absolute atomic E-state index is 0.349. The first-order valence-corrected chi connectivity index (χ1v) is 5.05. The zero-order valence-corrected chi connectivity index (χ0v) is 7.95. The van der Waals surface area contributed by atoms with Gasteiger partial charge in [-0.25, -0.2) is 0 Å². The van der Waals surface area contributed by atoms with Gasteiger partial charge in [0.2, 0.25) is 6.79 Å². The highest BCUT2D eigenvalue weighted by Gasteiger charge is 2.21. The summed E-state index contributed by atoms with van der Waals surface area (Å²) in [6.07, 6.45) is 2.75. The molecule has 2 aliphatic rings. The fraction of sp³-hybridized carbons (Fsp3) is 0.455. The summed E-state index contributed by atoms with van der Waals surface area (Å²) in [4.78, 5) is 0. The van der Waals surface area contributed by atoms with E-state index in [1.165, 1.54) is 12.8 Å². The Bertz CT molecular complexity index is 347. The molecule has 1 aromatic rings. The number of ether oxygens (including phenoxy) is 2. The van der Waals surface area contributed by atoms with Crippen molar-refractivity contribution in [1.29, 1.82) is 0 Å². The number of anilines is 1. The van der Waals surface area contributed by atoms with Gasteiger partial charge in [0.05, 0.1) is 0 Å². The fourth-order valence-corrected chi connectivity index (χ4v) is 1.59. The van der Waals surface area contributed by atoms with Crippen molar-refractivity contribution in [2.24, 2.45) is 5.92 Å². The maximum atomic E-state index is 5.30. The molecule has 1 saturated carbocycles. The number of hydrogen-bond acceptors (Lipinski definition) is 3. The van der Waals surface area contributed by atoms with Gasteiger partial charge in [0.25, 0.3) is 0 Å². The average molecular weight is 191 g/mol. The highest BCUT2D eigenvalue weighted by molar-refractivity contribution is 5.55. The molecule has 1 fully saturated rings. The van der Waals surface area contributed by atoms with Crippen LogP contribution in [0.2, 0.25) is 0 Å². The van der Waals surface area contributed by atoms with Gasteiger partial charge in [0, 0.05) is 18.3 Å². The van der Waals surface area contributed by atoms with Gasteiger partial charge in [-0.2, -0.15) is 0 Å². The third-order valence-electron chi connectivity index (χ3n) is 2.66. The van der Waals surface area contributed by atoms with Crippen LogP contribution in [0, 0.1) is 5.92 Å². The van der Waals surface area contributed by atoms with Crippen molar-refractivity contribution in [2.45, 2.75) is 12.8 Å². The molecule has 0 spiro atoms. The molecule has 1 N–H and O–H groups in total. The molecule has 74 valence electrons. The molecule has 0 unspecified atom stereocenters. The second-order valence-electron chi connectivity index (χ2n) is 3.89. The van der Waals surface area contributed by atoms with E-state index in [-0.39, 0.29) is 0 Å². The van der Waals surface area contributed by atoms with E-state index in [1.807, 2.05) is 18.2 Å². The van der Waals surface area contributed by atoms with Crippen molar-refractivity contribution >= 4 is 5.69 Å². The van der Waals surface area contributed by atoms with Crippen molar-refractivity contribution < 1.29 is 9.47 Å². The fourth-order valence-electron chi connectivity index (χ4n) is 1.59. The second-order valence-corrected chi connectivity index (χ2v) is 3.89. The Labute approximate surface area is 83.0 Å². The maximum Gasteiger partial charge on any atom is 0.231 e. The smallest absolute Gasteiger partial charge is 0.231 e. The summed E-state index contributed by atoms with van der Waals surface area (Å²) in [5.41, 5.74) is 1.13. The average Bonchev–Trinajstić information content (AvgIpc) is 2.92. The normalized spacial score (nSPS) is 18.3. The summed E-state index contributed by atoms with van der Waals surface area (Å²) in [7, 11) is 0. The Balaban J connectivity index is 1.71. The van der Waals surface area contributed by atoms with Gasteiger partial charge < -0.3 is 14.8 Å². The second kappa shape index (κ2) is 3.08. The first-order chi connectivity index (χ1) is 6.92. The SMILES string of the molecule is c1cc2c(cc1NCC1CC1)OCO2. The van der Waals surface area contributed by atoms with E-state index in [0.29, 0.717) is 6.79 Å². The van der Waals surface area contributed by atoms with E-state index < -0.39 is 0 Å². The molecule has 0 bridgehead atoms. The summed E-state index contributed by atoms with van der Waals surface area (Å²) in [5.74, 6) is 2.59. The molecule has 1 aromatic carbocycles. The molecule has 0 atom stereocenters. The van der Waals surface area contributed by atoms with E-state index in [1.54, 1.807) is 0 Å². The molecule has 3 heteroatoms. The summed E-state index contributed by atoms with van der Waals surface area (Å²) >= 11 is 0. The number of nitrogens with one attached hydrogen (secondary N) is 1. The molecule has 14 heavy (non-hydrogen) atoms. The Morgan fingerprint density at radius 1 is 1.21 bits per heavy atom. The van der Waals surface area contributed by atoms with E-state index in [2.05, 4.69) is 5.32 Å². The number of fused-ring (bicyclic) bond motifs is 1. The predicted octanol–water partition coefficient (Wildman–Crippen LogP) is 2.24. The minimum atomic E-state index is 0.349. The van der Waals surface area contributed by atoms with E-state index >= 15 is 0 Å². The molecule has 1 heterocycles. The van der Waals surface area contributed by atoms with Crippen LogP contribution < -0.4 is 14.8 Å². The van der Waals surface area contributed by atoms with E-state index in [9.17, 15) is 0 Å². The van der Waals surface area contributed by atoms with Gasteiger partial charge in [0.15, 0.2) is 11.5 Å². The van der Waals surface area contributed by atoms with Crippen molar-refractivity contribution in [2.75, 3.05) is 18.7 Å². The topological polar surface area (TPSA) is 30.5 Å². The van der Waals surface area contributed by atoms with Crippen LogP contribution in [0.3, 0.4) is 0 Å². The molecule has 3 rings (SSSR count). The highest BCUT2D eigenvalue weighted by atomic mass is 16.7. The summed E-state index contributed by atoms with van der Waals surface area (Å²) < 4.78 is 10.5. The van der Waals surface area contributed by atoms with E-state index in [0.717, 1.165) is 29.6 Å². The van der Waals surface area contributed by atoms with Crippen molar-refractivity contribution in [3.8, 4) is 11.5 Å². The third kappa shape index (κ3) is 1.50. The molecule has 0 radical (unpaired) electrons. The highest BCUT2D eigenvalue weighted by Crippen LogP contribution is 2.35. The van der Waals surface area contributed by atoms with E-state index in [4.69, 9.17) is 9.47 Å². The van der Waals surface area contributed by atoms with Gasteiger partial charge in [-0.15, -0.1) is 0 Å². The number of benzene rings is 1. The van der Waals surface area contributed by atoms with Crippen molar-refractivity contribution in [3.05, 3.63) is 18.2 Å². The molecule has 0 amide bonds. The molecule has 0 saturated heterocycles. The third-order valence-corrected chi connectivity index (χ3v) is 2.66. The lowest BCUT2D eigenvalue weighted by atomic mass is 10.2. The Hall–Kier alpha value is -1.38. The quantitative estimate of drug-likeness (QED) is 0.794. The molecular weight excluding hydrogens is 178 g/mol. The lowest BCUT2D eigenvalue weighted by Gasteiger charge is -2.05. The van der Waals surface area contributed by atoms with Crippen LogP contribution in [0.4, 0.5) is 5.69 Å². The van der Waals surface area contributed by atoms with Gasteiger partial charge in [-0.05, 0) is 30.9 Å². The monoisotopic (exact) mass is 191 g/mol. The molecule has 1 aliphatic heterocycles. The van der Waals surface area contributed by atoms with Crippen LogP contribution in [-0.4, -0.2) is 13.3 Å². The van der Waals surface area contributed by atoms with Gasteiger partial charge in [-0.1, -0.05) is 0 Å². The standard InChI is InChI=1S/C11H13NO2/c1-2-8(1)6-12-9-3-4-10-11(5-9)14-7-13-10/h3-5,8,12H,1-2,6-7H2. The summed E-state index contributed by atoms with van der Waals surface area (Å²) in [5, 5.41) is 3.40.